The number of amides is 1. The second-order valence-corrected chi connectivity index (χ2v) is 3.60. The first-order valence-corrected chi connectivity index (χ1v) is 5.03. The molecular formula is C11H14N2O4. The van der Waals surface area contributed by atoms with Gasteiger partial charge in [0.15, 0.2) is 6.61 Å². The van der Waals surface area contributed by atoms with Crippen molar-refractivity contribution in [3.8, 4) is 5.75 Å². The second-order valence-electron chi connectivity index (χ2n) is 3.60. The monoisotopic (exact) mass is 238 g/mol. The Kier molecular flexibility index (Phi) is 4.47. The number of quaternary nitrogens is 1. The molecule has 1 atom stereocenters. The number of primary amides is 1. The third kappa shape index (κ3) is 4.52. The summed E-state index contributed by atoms with van der Waals surface area (Å²) in [6.07, 6.45) is -0.167. The summed E-state index contributed by atoms with van der Waals surface area (Å²) < 4.78 is 5.10. The van der Waals surface area contributed by atoms with Crippen LogP contribution in [0.25, 0.3) is 0 Å². The van der Waals surface area contributed by atoms with Crippen molar-refractivity contribution in [2.45, 2.75) is 12.5 Å². The first kappa shape index (κ1) is 13.0. The Morgan fingerprint density at radius 1 is 1.47 bits per heavy atom. The molecule has 1 amide bonds. The quantitative estimate of drug-likeness (QED) is 0.593. The van der Waals surface area contributed by atoms with Crippen LogP contribution in [-0.2, 0) is 9.59 Å². The normalized spacial score (nSPS) is 11.8. The molecule has 0 spiro atoms. The minimum absolute atomic E-state index is 0.167. The SMILES string of the molecule is NC(=O)COc1cccc(C([NH3+])CC(=O)[O-])c1. The predicted octanol–water partition coefficient (Wildman–Crippen LogP) is -2.03. The molecule has 0 fully saturated rings. The molecule has 1 aromatic rings. The lowest BCUT2D eigenvalue weighted by atomic mass is 10.0. The van der Waals surface area contributed by atoms with Gasteiger partial charge in [0, 0.05) is 18.0 Å². The number of ether oxygens (including phenoxy) is 1. The van der Waals surface area contributed by atoms with E-state index in [2.05, 4.69) is 5.73 Å². The van der Waals surface area contributed by atoms with Crippen LogP contribution in [0.5, 0.6) is 5.75 Å². The standard InChI is InChI=1S/C11H14N2O4/c12-9(5-11(15)16)7-2-1-3-8(4-7)17-6-10(13)14/h1-4,9H,5-6,12H2,(H2,13,14)(H,15,16). The Morgan fingerprint density at radius 3 is 2.76 bits per heavy atom. The Labute approximate surface area is 98.2 Å². The molecule has 17 heavy (non-hydrogen) atoms. The zero-order valence-electron chi connectivity index (χ0n) is 9.22. The summed E-state index contributed by atoms with van der Waals surface area (Å²) in [5, 5.41) is 10.4. The third-order valence-corrected chi connectivity index (χ3v) is 2.12. The summed E-state index contributed by atoms with van der Waals surface area (Å²) >= 11 is 0. The summed E-state index contributed by atoms with van der Waals surface area (Å²) in [4.78, 5) is 21.0. The zero-order chi connectivity index (χ0) is 12.8. The van der Waals surface area contributed by atoms with Gasteiger partial charge < -0.3 is 26.1 Å². The molecule has 5 N–H and O–H groups in total. The lowest BCUT2D eigenvalue weighted by Crippen LogP contribution is -2.55. The van der Waals surface area contributed by atoms with E-state index in [1.807, 2.05) is 0 Å². The van der Waals surface area contributed by atoms with Gasteiger partial charge in [0.05, 0.1) is 0 Å². The molecule has 0 bridgehead atoms. The zero-order valence-corrected chi connectivity index (χ0v) is 9.22. The highest BCUT2D eigenvalue weighted by atomic mass is 16.5. The Balaban J connectivity index is 2.71. The number of carboxylic acids is 1. The van der Waals surface area contributed by atoms with Crippen LogP contribution < -0.4 is 21.3 Å². The summed E-state index contributed by atoms with van der Waals surface area (Å²) in [5.74, 6) is -1.28. The first-order valence-electron chi connectivity index (χ1n) is 5.03. The molecule has 0 aliphatic carbocycles. The lowest BCUT2D eigenvalue weighted by Gasteiger charge is -2.11. The van der Waals surface area contributed by atoms with Gasteiger partial charge in [0.25, 0.3) is 5.91 Å². The fourth-order valence-corrected chi connectivity index (χ4v) is 1.33. The fourth-order valence-electron chi connectivity index (χ4n) is 1.33. The van der Waals surface area contributed by atoms with Crippen molar-refractivity contribution in [2.24, 2.45) is 5.73 Å². The number of carbonyl (C=O) groups excluding carboxylic acids is 2. The summed E-state index contributed by atoms with van der Waals surface area (Å²) in [6, 6.07) is 6.29. The van der Waals surface area contributed by atoms with E-state index in [-0.39, 0.29) is 13.0 Å². The number of hydrogen-bond acceptors (Lipinski definition) is 4. The van der Waals surface area contributed by atoms with Crippen LogP contribution >= 0.6 is 0 Å². The summed E-state index contributed by atoms with van der Waals surface area (Å²) in [5.41, 5.74) is 9.36. The van der Waals surface area contributed by atoms with Crippen molar-refractivity contribution >= 4 is 11.9 Å². The molecule has 1 rings (SSSR count). The van der Waals surface area contributed by atoms with E-state index in [9.17, 15) is 14.7 Å². The number of rotatable bonds is 6. The van der Waals surface area contributed by atoms with E-state index in [1.54, 1.807) is 24.3 Å². The van der Waals surface area contributed by atoms with Crippen LogP contribution in [0, 0.1) is 0 Å². The van der Waals surface area contributed by atoms with Crippen LogP contribution in [0.3, 0.4) is 0 Å². The highest BCUT2D eigenvalue weighted by Gasteiger charge is 2.10. The van der Waals surface area contributed by atoms with Gasteiger partial charge in [0.1, 0.15) is 11.8 Å². The highest BCUT2D eigenvalue weighted by molar-refractivity contribution is 5.75. The Morgan fingerprint density at radius 2 is 2.18 bits per heavy atom. The topological polar surface area (TPSA) is 120 Å². The molecule has 0 aliphatic rings. The second kappa shape index (κ2) is 5.86. The number of benzene rings is 1. The van der Waals surface area contributed by atoms with E-state index in [0.717, 1.165) is 0 Å². The van der Waals surface area contributed by atoms with Crippen LogP contribution in [-0.4, -0.2) is 18.5 Å². The summed E-state index contributed by atoms with van der Waals surface area (Å²) in [7, 11) is 0. The van der Waals surface area contributed by atoms with Gasteiger partial charge in [-0.3, -0.25) is 4.79 Å². The molecule has 6 nitrogen and oxygen atoms in total. The first-order chi connectivity index (χ1) is 7.99. The maximum absolute atomic E-state index is 10.5. The van der Waals surface area contributed by atoms with Gasteiger partial charge in [-0.1, -0.05) is 12.1 Å². The lowest BCUT2D eigenvalue weighted by molar-refractivity contribution is -0.430. The van der Waals surface area contributed by atoms with Gasteiger partial charge in [-0.05, 0) is 12.1 Å². The predicted molar refractivity (Wildman–Crippen MR) is 56.4 cm³/mol. The Bertz CT molecular complexity index is 420. The van der Waals surface area contributed by atoms with Gasteiger partial charge in [-0.15, -0.1) is 0 Å². The van der Waals surface area contributed by atoms with E-state index < -0.39 is 17.9 Å². The molecule has 1 unspecified atom stereocenters. The van der Waals surface area contributed by atoms with Crippen molar-refractivity contribution in [2.75, 3.05) is 6.61 Å². The van der Waals surface area contributed by atoms with Crippen molar-refractivity contribution in [1.82, 2.24) is 0 Å². The third-order valence-electron chi connectivity index (χ3n) is 2.12. The van der Waals surface area contributed by atoms with Crippen molar-refractivity contribution < 1.29 is 25.2 Å². The molecule has 0 heterocycles. The number of carbonyl (C=O) groups is 2. The molecule has 6 heteroatoms. The molecule has 0 aromatic heterocycles. The van der Waals surface area contributed by atoms with Crippen LogP contribution in [0.2, 0.25) is 0 Å². The smallest absolute Gasteiger partial charge is 0.255 e. The molecule has 0 radical (unpaired) electrons. The number of hydrogen-bond donors (Lipinski definition) is 2. The Hall–Kier alpha value is -2.08. The van der Waals surface area contributed by atoms with Crippen molar-refractivity contribution in [3.05, 3.63) is 29.8 Å². The largest absolute Gasteiger partial charge is 0.550 e. The van der Waals surface area contributed by atoms with Crippen LogP contribution in [0.4, 0.5) is 0 Å². The number of carboxylic acid groups (broad SMARTS) is 1. The average Bonchev–Trinajstić information content (AvgIpc) is 2.26. The van der Waals surface area contributed by atoms with Gasteiger partial charge in [-0.25, -0.2) is 0 Å². The molecule has 1 aromatic carbocycles. The fraction of sp³-hybridized carbons (Fsp3) is 0.273. The minimum atomic E-state index is -1.16. The van der Waals surface area contributed by atoms with Crippen LogP contribution in [0.15, 0.2) is 24.3 Å². The van der Waals surface area contributed by atoms with E-state index in [0.29, 0.717) is 11.3 Å². The highest BCUT2D eigenvalue weighted by Crippen LogP contribution is 2.18. The van der Waals surface area contributed by atoms with Gasteiger partial charge >= 0.3 is 0 Å². The number of aliphatic carboxylic acids is 1. The van der Waals surface area contributed by atoms with E-state index >= 15 is 0 Å². The number of nitrogens with two attached hydrogens (primary N) is 1. The molecule has 0 aliphatic heterocycles. The van der Waals surface area contributed by atoms with Gasteiger partial charge in [0.2, 0.25) is 0 Å². The average molecular weight is 238 g/mol. The maximum atomic E-state index is 10.5. The van der Waals surface area contributed by atoms with E-state index in [1.165, 1.54) is 0 Å². The summed E-state index contributed by atoms with van der Waals surface area (Å²) in [6.45, 7) is -0.217. The molecule has 0 saturated carbocycles. The maximum Gasteiger partial charge on any atom is 0.255 e. The van der Waals surface area contributed by atoms with Gasteiger partial charge in [-0.2, -0.15) is 0 Å². The van der Waals surface area contributed by atoms with Crippen molar-refractivity contribution in [1.29, 1.82) is 0 Å². The van der Waals surface area contributed by atoms with E-state index in [4.69, 9.17) is 10.5 Å². The molecular weight excluding hydrogens is 224 g/mol. The molecule has 0 saturated heterocycles. The van der Waals surface area contributed by atoms with Crippen LogP contribution in [0.1, 0.15) is 18.0 Å². The minimum Gasteiger partial charge on any atom is -0.550 e. The molecule has 92 valence electrons. The van der Waals surface area contributed by atoms with Crippen molar-refractivity contribution in [3.63, 3.8) is 0 Å².